The van der Waals surface area contributed by atoms with Crippen LogP contribution in [0.25, 0.3) is 11.0 Å². The van der Waals surface area contributed by atoms with Gasteiger partial charge in [0.1, 0.15) is 41.9 Å². The molecule has 3 aliphatic rings. The van der Waals surface area contributed by atoms with Crippen molar-refractivity contribution in [3.05, 3.63) is 23.9 Å². The van der Waals surface area contributed by atoms with Gasteiger partial charge in [0.2, 0.25) is 11.8 Å². The van der Waals surface area contributed by atoms with E-state index in [4.69, 9.17) is 14.2 Å². The van der Waals surface area contributed by atoms with Gasteiger partial charge in [-0.15, -0.1) is 0 Å². The first-order valence-corrected chi connectivity index (χ1v) is 14.5. The molecule has 7 unspecified atom stereocenters. The molecule has 2 fully saturated rings. The lowest BCUT2D eigenvalue weighted by Gasteiger charge is -2.34. The molecule has 2 bridgehead atoms. The van der Waals surface area contributed by atoms with E-state index < -0.39 is 53.7 Å². The van der Waals surface area contributed by atoms with Gasteiger partial charge < -0.3 is 29.5 Å². The fraction of sp³-hybridized carbons (Fsp3) is 0.633. The fourth-order valence-corrected chi connectivity index (χ4v) is 5.92. The molecule has 1 saturated heterocycles. The van der Waals surface area contributed by atoms with E-state index in [0.29, 0.717) is 29.6 Å². The highest BCUT2D eigenvalue weighted by molar-refractivity contribution is 5.90. The van der Waals surface area contributed by atoms with Crippen molar-refractivity contribution in [3.8, 4) is 11.6 Å². The first kappa shape index (κ1) is 29.8. The molecule has 3 heterocycles. The molecular weight excluding hydrogens is 547 g/mol. The molecular formula is C30H39FN4O7. The maximum Gasteiger partial charge on any atom is 0.408 e. The number of ether oxygens (including phenoxy) is 3. The summed E-state index contributed by atoms with van der Waals surface area (Å²) < 4.78 is 32.9. The molecule has 2 aliphatic heterocycles. The van der Waals surface area contributed by atoms with Crippen LogP contribution in [0.3, 0.4) is 0 Å². The molecule has 42 heavy (non-hydrogen) atoms. The third-order valence-corrected chi connectivity index (χ3v) is 8.53. The first-order valence-electron chi connectivity index (χ1n) is 14.5. The minimum atomic E-state index is -1.47. The van der Waals surface area contributed by atoms with Crippen molar-refractivity contribution in [3.63, 3.8) is 0 Å². The SMILES string of the molecule is COc1ccc2nc3c(nc2c1)OC1CN(C(=O)C(C(C)(C)C)NC(=O)OC2CC2CCCCC3F)C(C(=O)O)C1C. The van der Waals surface area contributed by atoms with Gasteiger partial charge in [-0.1, -0.05) is 40.5 Å². The van der Waals surface area contributed by atoms with Crippen LogP contribution >= 0.6 is 0 Å². The number of carboxylic acid groups (broad SMARTS) is 1. The van der Waals surface area contributed by atoms with Gasteiger partial charge in [-0.2, -0.15) is 0 Å². The Morgan fingerprint density at radius 2 is 1.86 bits per heavy atom. The zero-order chi connectivity index (χ0) is 30.3. The quantitative estimate of drug-likeness (QED) is 0.523. The third kappa shape index (κ3) is 6.07. The van der Waals surface area contributed by atoms with Crippen LogP contribution < -0.4 is 14.8 Å². The van der Waals surface area contributed by atoms with E-state index in [2.05, 4.69) is 15.3 Å². The number of aromatic nitrogens is 2. The second kappa shape index (κ2) is 11.5. The number of rotatable bonds is 2. The molecule has 0 radical (unpaired) electrons. The minimum absolute atomic E-state index is 0.0315. The summed E-state index contributed by atoms with van der Waals surface area (Å²) in [5.41, 5.74) is 0.211. The Morgan fingerprint density at radius 3 is 2.55 bits per heavy atom. The maximum atomic E-state index is 15.8. The number of alkyl halides is 1. The molecule has 0 spiro atoms. The van der Waals surface area contributed by atoms with Crippen molar-refractivity contribution in [2.75, 3.05) is 13.7 Å². The van der Waals surface area contributed by atoms with Crippen LogP contribution in [0, 0.1) is 17.3 Å². The Bertz CT molecular complexity index is 1370. The summed E-state index contributed by atoms with van der Waals surface area (Å²) >= 11 is 0. The molecule has 7 atom stereocenters. The monoisotopic (exact) mass is 586 g/mol. The number of nitrogens with zero attached hydrogens (tertiary/aromatic N) is 3. The van der Waals surface area contributed by atoms with Crippen LogP contribution in [0.5, 0.6) is 11.6 Å². The third-order valence-electron chi connectivity index (χ3n) is 8.53. The van der Waals surface area contributed by atoms with Gasteiger partial charge >= 0.3 is 12.1 Å². The van der Waals surface area contributed by atoms with E-state index >= 15 is 4.39 Å². The van der Waals surface area contributed by atoms with Gasteiger partial charge in [0.25, 0.3) is 0 Å². The van der Waals surface area contributed by atoms with Crippen molar-refractivity contribution >= 4 is 29.0 Å². The van der Waals surface area contributed by atoms with Crippen molar-refractivity contribution in [2.24, 2.45) is 17.3 Å². The Labute approximate surface area is 244 Å². The summed E-state index contributed by atoms with van der Waals surface area (Å²) in [6, 6.07) is 2.80. The largest absolute Gasteiger partial charge is 0.497 e. The number of methoxy groups -OCH3 is 1. The van der Waals surface area contributed by atoms with Crippen LogP contribution in [0.15, 0.2) is 18.2 Å². The molecule has 2 amide bonds. The Kier molecular flexibility index (Phi) is 8.17. The predicted molar refractivity (Wildman–Crippen MR) is 150 cm³/mol. The lowest BCUT2D eigenvalue weighted by atomic mass is 9.85. The van der Waals surface area contributed by atoms with Gasteiger partial charge in [-0.05, 0) is 42.7 Å². The topological polar surface area (TPSA) is 140 Å². The van der Waals surface area contributed by atoms with Crippen LogP contribution in [-0.2, 0) is 14.3 Å². The summed E-state index contributed by atoms with van der Waals surface area (Å²) in [5.74, 6) is -1.75. The maximum absolute atomic E-state index is 15.8. The number of fused-ring (bicyclic) bond motifs is 5. The smallest absolute Gasteiger partial charge is 0.408 e. The molecule has 228 valence electrons. The molecule has 12 heteroatoms. The summed E-state index contributed by atoms with van der Waals surface area (Å²) in [5, 5.41) is 12.9. The van der Waals surface area contributed by atoms with Gasteiger partial charge in [-0.25, -0.2) is 23.9 Å². The lowest BCUT2D eigenvalue weighted by molar-refractivity contribution is -0.151. The summed E-state index contributed by atoms with van der Waals surface area (Å²) in [6.45, 7) is 6.94. The highest BCUT2D eigenvalue weighted by Gasteiger charge is 2.51. The number of amides is 2. The van der Waals surface area contributed by atoms with E-state index in [1.54, 1.807) is 45.9 Å². The van der Waals surface area contributed by atoms with Gasteiger partial charge in [0.05, 0.1) is 24.7 Å². The normalized spacial score (nSPS) is 30.6. The summed E-state index contributed by atoms with van der Waals surface area (Å²) in [4.78, 5) is 49.6. The van der Waals surface area contributed by atoms with E-state index in [1.165, 1.54) is 12.0 Å². The second-order valence-corrected chi connectivity index (χ2v) is 12.7. The molecule has 1 aliphatic carbocycles. The molecule has 1 aromatic heterocycles. The zero-order valence-electron chi connectivity index (χ0n) is 24.6. The van der Waals surface area contributed by atoms with Gasteiger partial charge in [0, 0.05) is 12.0 Å². The molecule has 1 saturated carbocycles. The fourth-order valence-electron chi connectivity index (χ4n) is 5.92. The lowest BCUT2D eigenvalue weighted by Crippen LogP contribution is -2.57. The van der Waals surface area contributed by atoms with Gasteiger partial charge in [0.15, 0.2) is 0 Å². The minimum Gasteiger partial charge on any atom is -0.497 e. The Morgan fingerprint density at radius 1 is 1.12 bits per heavy atom. The number of aliphatic carboxylic acids is 1. The average Bonchev–Trinajstić information content (AvgIpc) is 3.58. The van der Waals surface area contributed by atoms with Crippen molar-refractivity contribution in [1.82, 2.24) is 20.2 Å². The first-order chi connectivity index (χ1) is 19.9. The number of carbonyl (C=O) groups excluding carboxylic acids is 2. The Hall–Kier alpha value is -3.70. The predicted octanol–water partition coefficient (Wildman–Crippen LogP) is 4.43. The highest BCUT2D eigenvalue weighted by Crippen LogP contribution is 2.40. The molecule has 2 N–H and O–H groups in total. The van der Waals surface area contributed by atoms with E-state index in [-0.39, 0.29) is 36.6 Å². The van der Waals surface area contributed by atoms with Crippen molar-refractivity contribution < 1.29 is 38.1 Å². The molecule has 5 rings (SSSR count). The number of alkyl carbamates (subject to hydrolysis) is 1. The zero-order valence-corrected chi connectivity index (χ0v) is 24.6. The summed E-state index contributed by atoms with van der Waals surface area (Å²) in [6.07, 6.45) is -0.224. The number of halogens is 1. The molecule has 11 nitrogen and oxygen atoms in total. The van der Waals surface area contributed by atoms with Crippen LogP contribution in [-0.4, -0.2) is 75.9 Å². The molecule has 2 aromatic rings. The van der Waals surface area contributed by atoms with E-state index in [1.807, 2.05) is 0 Å². The van der Waals surface area contributed by atoms with Crippen molar-refractivity contribution in [1.29, 1.82) is 0 Å². The van der Waals surface area contributed by atoms with Crippen LogP contribution in [0.2, 0.25) is 0 Å². The van der Waals surface area contributed by atoms with Crippen LogP contribution in [0.1, 0.15) is 71.7 Å². The summed E-state index contributed by atoms with van der Waals surface area (Å²) in [7, 11) is 1.53. The standard InChI is InChI=1S/C30H39FN4O7/c1-15-22-14-35(24(15)28(37)38)27(36)25(30(2,3)4)34-29(39)42-21-12-16(21)8-6-7-9-18(31)23-26(41-22)33-20-13-17(40-5)10-11-19(20)32-23/h10-11,13,15-16,18,21-22,24-25H,6-9,12,14H2,1-5H3,(H,34,39)(H,37,38). The second-order valence-electron chi connectivity index (χ2n) is 12.7. The number of hydrogen-bond donors (Lipinski definition) is 2. The number of nitrogens with one attached hydrogen (secondary N) is 1. The number of benzene rings is 1. The number of carboxylic acids is 1. The van der Waals surface area contributed by atoms with E-state index in [0.717, 1.165) is 12.8 Å². The van der Waals surface area contributed by atoms with E-state index in [9.17, 15) is 19.5 Å². The van der Waals surface area contributed by atoms with Crippen molar-refractivity contribution in [2.45, 2.75) is 90.3 Å². The van der Waals surface area contributed by atoms with Gasteiger partial charge in [-0.3, -0.25) is 4.79 Å². The average molecular weight is 587 g/mol. The molecule has 1 aromatic carbocycles. The number of hydrogen-bond acceptors (Lipinski definition) is 8. The Balaban J connectivity index is 1.54. The number of carbonyl (C=O) groups is 3. The van der Waals surface area contributed by atoms with Crippen LogP contribution in [0.4, 0.5) is 9.18 Å². The highest BCUT2D eigenvalue weighted by atomic mass is 19.1.